The molecule has 0 fully saturated rings. The molecule has 0 saturated carbocycles. The number of hydrogen-bond donors (Lipinski definition) is 1. The molecule has 3 aromatic rings. The lowest BCUT2D eigenvalue weighted by molar-refractivity contribution is -0.121. The lowest BCUT2D eigenvalue weighted by atomic mass is 10.1. The van der Waals surface area contributed by atoms with Gasteiger partial charge in [-0.2, -0.15) is 0 Å². The maximum Gasteiger partial charge on any atom is 0.240 e. The van der Waals surface area contributed by atoms with E-state index >= 15 is 0 Å². The van der Waals surface area contributed by atoms with Crippen LogP contribution in [0.25, 0.3) is 10.9 Å². The number of hydrogen-bond acceptors (Lipinski definition) is 1. The van der Waals surface area contributed by atoms with Gasteiger partial charge in [-0.05, 0) is 30.0 Å². The molecule has 1 amide bonds. The number of aromatic nitrogens is 1. The lowest BCUT2D eigenvalue weighted by Crippen LogP contribution is -2.26. The first-order valence-electron chi connectivity index (χ1n) is 7.08. The van der Waals surface area contributed by atoms with Crippen LogP contribution in [0.15, 0.2) is 60.8 Å². The Bertz CT molecular complexity index is 773. The molecule has 3 heteroatoms. The van der Waals surface area contributed by atoms with E-state index in [-0.39, 0.29) is 5.91 Å². The molecule has 3 rings (SSSR count). The maximum atomic E-state index is 12.1. The molecule has 1 N–H and O–H groups in total. The summed E-state index contributed by atoms with van der Waals surface area (Å²) >= 11 is 0. The van der Waals surface area contributed by atoms with E-state index in [4.69, 9.17) is 0 Å². The van der Waals surface area contributed by atoms with Crippen molar-refractivity contribution in [2.24, 2.45) is 0 Å². The van der Waals surface area contributed by atoms with Crippen LogP contribution in [0.3, 0.4) is 0 Å². The van der Waals surface area contributed by atoms with Crippen molar-refractivity contribution < 1.29 is 4.79 Å². The van der Waals surface area contributed by atoms with Crippen LogP contribution in [0.5, 0.6) is 0 Å². The summed E-state index contributed by atoms with van der Waals surface area (Å²) in [5.74, 6) is 0.0258. The average molecular weight is 278 g/mol. The predicted molar refractivity (Wildman–Crippen MR) is 85.0 cm³/mol. The van der Waals surface area contributed by atoms with Gasteiger partial charge < -0.3 is 9.88 Å². The van der Waals surface area contributed by atoms with E-state index in [1.165, 1.54) is 5.56 Å². The summed E-state index contributed by atoms with van der Waals surface area (Å²) in [6.07, 6.45) is 1.96. The standard InChI is InChI=1S/C18H18N2O/c1-14-5-4-6-15(11-14)12-19-18(21)13-20-10-9-16-7-2-3-8-17(16)20/h2-11H,12-13H2,1H3,(H,19,21). The fourth-order valence-electron chi connectivity index (χ4n) is 2.51. The molecule has 2 aromatic carbocycles. The number of benzene rings is 2. The number of fused-ring (bicyclic) bond motifs is 1. The zero-order chi connectivity index (χ0) is 14.7. The Hall–Kier alpha value is -2.55. The normalized spacial score (nSPS) is 10.7. The van der Waals surface area contributed by atoms with Gasteiger partial charge in [-0.1, -0.05) is 48.0 Å². The highest BCUT2D eigenvalue weighted by Crippen LogP contribution is 2.14. The Labute approximate surface area is 124 Å². The summed E-state index contributed by atoms with van der Waals surface area (Å²) in [7, 11) is 0. The molecule has 0 radical (unpaired) electrons. The number of nitrogens with one attached hydrogen (secondary N) is 1. The van der Waals surface area contributed by atoms with E-state index in [0.717, 1.165) is 16.5 Å². The third-order valence-corrected chi connectivity index (χ3v) is 3.57. The molecular formula is C18H18N2O. The smallest absolute Gasteiger partial charge is 0.240 e. The van der Waals surface area contributed by atoms with Crippen LogP contribution in [0.1, 0.15) is 11.1 Å². The molecule has 0 bridgehead atoms. The molecule has 3 nitrogen and oxygen atoms in total. The second-order valence-electron chi connectivity index (χ2n) is 5.27. The van der Waals surface area contributed by atoms with E-state index in [2.05, 4.69) is 30.4 Å². The Morgan fingerprint density at radius 1 is 1.10 bits per heavy atom. The first kappa shape index (κ1) is 13.4. The molecule has 0 spiro atoms. The third kappa shape index (κ3) is 3.14. The van der Waals surface area contributed by atoms with Crippen molar-refractivity contribution in [3.63, 3.8) is 0 Å². The summed E-state index contributed by atoms with van der Waals surface area (Å²) in [5.41, 5.74) is 3.42. The minimum atomic E-state index is 0.0258. The molecule has 0 aliphatic heterocycles. The van der Waals surface area contributed by atoms with Gasteiger partial charge >= 0.3 is 0 Å². The van der Waals surface area contributed by atoms with Gasteiger partial charge in [0.1, 0.15) is 6.54 Å². The maximum absolute atomic E-state index is 12.1. The molecular weight excluding hydrogens is 260 g/mol. The summed E-state index contributed by atoms with van der Waals surface area (Å²) in [6, 6.07) is 18.3. The summed E-state index contributed by atoms with van der Waals surface area (Å²) in [4.78, 5) is 12.1. The van der Waals surface area contributed by atoms with Crippen LogP contribution in [-0.4, -0.2) is 10.5 Å². The number of amides is 1. The minimum absolute atomic E-state index is 0.0258. The number of para-hydroxylation sites is 1. The van der Waals surface area contributed by atoms with Crippen molar-refractivity contribution in [1.82, 2.24) is 9.88 Å². The largest absolute Gasteiger partial charge is 0.350 e. The first-order chi connectivity index (χ1) is 10.2. The second-order valence-corrected chi connectivity index (χ2v) is 5.27. The van der Waals surface area contributed by atoms with E-state index < -0.39 is 0 Å². The summed E-state index contributed by atoms with van der Waals surface area (Å²) in [6.45, 7) is 2.97. The van der Waals surface area contributed by atoms with Crippen molar-refractivity contribution in [2.45, 2.75) is 20.0 Å². The molecule has 0 atom stereocenters. The summed E-state index contributed by atoms with van der Waals surface area (Å²) in [5, 5.41) is 4.13. The molecule has 1 heterocycles. The molecule has 0 aliphatic rings. The number of carbonyl (C=O) groups is 1. The van der Waals surface area contributed by atoms with Gasteiger partial charge in [-0.25, -0.2) is 0 Å². The van der Waals surface area contributed by atoms with Crippen molar-refractivity contribution in [3.05, 3.63) is 71.9 Å². The first-order valence-corrected chi connectivity index (χ1v) is 7.08. The summed E-state index contributed by atoms with van der Waals surface area (Å²) < 4.78 is 1.97. The molecule has 1 aromatic heterocycles. The van der Waals surface area contributed by atoms with Gasteiger partial charge in [0.2, 0.25) is 5.91 Å². The van der Waals surface area contributed by atoms with E-state index in [0.29, 0.717) is 13.1 Å². The van der Waals surface area contributed by atoms with Crippen LogP contribution < -0.4 is 5.32 Å². The van der Waals surface area contributed by atoms with Gasteiger partial charge in [0.25, 0.3) is 0 Å². The van der Waals surface area contributed by atoms with Gasteiger partial charge in [0.05, 0.1) is 0 Å². The highest BCUT2D eigenvalue weighted by atomic mass is 16.1. The Balaban J connectivity index is 1.64. The third-order valence-electron chi connectivity index (χ3n) is 3.57. The van der Waals surface area contributed by atoms with Crippen LogP contribution in [-0.2, 0) is 17.9 Å². The van der Waals surface area contributed by atoms with E-state index in [1.807, 2.05) is 47.2 Å². The second kappa shape index (κ2) is 5.83. The van der Waals surface area contributed by atoms with Crippen molar-refractivity contribution in [1.29, 1.82) is 0 Å². The average Bonchev–Trinajstić information content (AvgIpc) is 2.89. The number of aryl methyl sites for hydroxylation is 1. The van der Waals surface area contributed by atoms with Gasteiger partial charge in [0, 0.05) is 18.3 Å². The molecule has 0 saturated heterocycles. The highest BCUT2D eigenvalue weighted by Gasteiger charge is 2.05. The van der Waals surface area contributed by atoms with Crippen LogP contribution in [0.4, 0.5) is 0 Å². The fraction of sp³-hybridized carbons (Fsp3) is 0.167. The molecule has 106 valence electrons. The van der Waals surface area contributed by atoms with Crippen LogP contribution >= 0.6 is 0 Å². The number of rotatable bonds is 4. The monoisotopic (exact) mass is 278 g/mol. The van der Waals surface area contributed by atoms with Crippen LogP contribution in [0, 0.1) is 6.92 Å². The van der Waals surface area contributed by atoms with Crippen LogP contribution in [0.2, 0.25) is 0 Å². The quantitative estimate of drug-likeness (QED) is 0.781. The van der Waals surface area contributed by atoms with Gasteiger partial charge in [0.15, 0.2) is 0 Å². The van der Waals surface area contributed by atoms with E-state index in [1.54, 1.807) is 0 Å². The van der Waals surface area contributed by atoms with Gasteiger partial charge in [-0.3, -0.25) is 4.79 Å². The van der Waals surface area contributed by atoms with Crippen molar-refractivity contribution in [2.75, 3.05) is 0 Å². The lowest BCUT2D eigenvalue weighted by Gasteiger charge is -2.08. The van der Waals surface area contributed by atoms with E-state index in [9.17, 15) is 4.79 Å². The van der Waals surface area contributed by atoms with Crippen molar-refractivity contribution >= 4 is 16.8 Å². The number of carbonyl (C=O) groups excluding carboxylic acids is 1. The minimum Gasteiger partial charge on any atom is -0.350 e. The molecule has 0 unspecified atom stereocenters. The number of nitrogens with zero attached hydrogens (tertiary/aromatic N) is 1. The zero-order valence-corrected chi connectivity index (χ0v) is 12.0. The molecule has 21 heavy (non-hydrogen) atoms. The Morgan fingerprint density at radius 3 is 2.81 bits per heavy atom. The topological polar surface area (TPSA) is 34.0 Å². The zero-order valence-electron chi connectivity index (χ0n) is 12.0. The fourth-order valence-corrected chi connectivity index (χ4v) is 2.51. The van der Waals surface area contributed by atoms with Crippen molar-refractivity contribution in [3.8, 4) is 0 Å². The SMILES string of the molecule is Cc1cccc(CNC(=O)Cn2ccc3ccccc32)c1. The predicted octanol–water partition coefficient (Wildman–Crippen LogP) is 3.27. The highest BCUT2D eigenvalue weighted by molar-refractivity contribution is 5.83. The Kier molecular flexibility index (Phi) is 3.73. The molecule has 0 aliphatic carbocycles. The van der Waals surface area contributed by atoms with Gasteiger partial charge in [-0.15, -0.1) is 0 Å². The Morgan fingerprint density at radius 2 is 1.95 bits per heavy atom.